The number of halogens is 1. The fourth-order valence-corrected chi connectivity index (χ4v) is 1.92. The molecule has 0 amide bonds. The Kier molecular flexibility index (Phi) is 3.48. The van der Waals surface area contributed by atoms with Crippen molar-refractivity contribution < 1.29 is 9.90 Å². The molecular weight excluding hydrogens is 232 g/mol. The zero-order valence-electron chi connectivity index (χ0n) is 7.33. The fourth-order valence-electron chi connectivity index (χ4n) is 1.25. The topological polar surface area (TPSA) is 37.3 Å². The van der Waals surface area contributed by atoms with Gasteiger partial charge in [-0.2, -0.15) is 0 Å². The molecule has 1 aromatic rings. The van der Waals surface area contributed by atoms with Gasteiger partial charge in [0, 0.05) is 4.47 Å². The predicted molar refractivity (Wildman–Crippen MR) is 54.8 cm³/mol. The van der Waals surface area contributed by atoms with Crippen LogP contribution in [0.4, 0.5) is 0 Å². The second kappa shape index (κ2) is 4.42. The third-order valence-electron chi connectivity index (χ3n) is 1.92. The smallest absolute Gasteiger partial charge is 0.303 e. The Balaban J connectivity index is 2.82. The van der Waals surface area contributed by atoms with Crippen LogP contribution in [0.1, 0.15) is 24.8 Å². The van der Waals surface area contributed by atoms with E-state index in [1.165, 1.54) is 0 Å². The minimum Gasteiger partial charge on any atom is -0.481 e. The van der Waals surface area contributed by atoms with Gasteiger partial charge >= 0.3 is 5.97 Å². The molecule has 0 bridgehead atoms. The molecule has 3 heteroatoms. The van der Waals surface area contributed by atoms with Gasteiger partial charge < -0.3 is 5.11 Å². The van der Waals surface area contributed by atoms with Crippen LogP contribution in [0.2, 0.25) is 0 Å². The summed E-state index contributed by atoms with van der Waals surface area (Å²) >= 11 is 3.39. The van der Waals surface area contributed by atoms with Gasteiger partial charge in [-0.05, 0) is 17.5 Å². The van der Waals surface area contributed by atoms with Gasteiger partial charge in [0.05, 0.1) is 6.42 Å². The van der Waals surface area contributed by atoms with Gasteiger partial charge in [-0.3, -0.25) is 4.79 Å². The molecular formula is C10H11BrO2. The summed E-state index contributed by atoms with van der Waals surface area (Å²) in [5.74, 6) is -0.712. The minimum atomic E-state index is -0.761. The Morgan fingerprint density at radius 2 is 2.15 bits per heavy atom. The maximum absolute atomic E-state index is 10.5. The highest BCUT2D eigenvalue weighted by atomic mass is 79.9. The number of aliphatic carboxylic acids is 1. The first-order chi connectivity index (χ1) is 6.11. The van der Waals surface area contributed by atoms with Crippen molar-refractivity contribution in [1.82, 2.24) is 0 Å². The standard InChI is InChI=1S/C10H11BrO2/c1-7(6-10(12)13)8-4-2-3-5-9(8)11/h2-5,7H,6H2,1H3,(H,12,13)/t7-/m0/s1. The van der Waals surface area contributed by atoms with Crippen molar-refractivity contribution in [3.05, 3.63) is 34.3 Å². The second-order valence-electron chi connectivity index (χ2n) is 3.02. The van der Waals surface area contributed by atoms with E-state index in [9.17, 15) is 4.79 Å². The molecule has 0 aromatic heterocycles. The third kappa shape index (κ3) is 2.84. The van der Waals surface area contributed by atoms with Gasteiger partial charge in [0.15, 0.2) is 0 Å². The number of carboxylic acid groups (broad SMARTS) is 1. The summed E-state index contributed by atoms with van der Waals surface area (Å²) in [5.41, 5.74) is 1.05. The summed E-state index contributed by atoms with van der Waals surface area (Å²) in [4.78, 5) is 10.5. The summed E-state index contributed by atoms with van der Waals surface area (Å²) in [6.07, 6.45) is 0.169. The van der Waals surface area contributed by atoms with Crippen molar-refractivity contribution in [3.63, 3.8) is 0 Å². The lowest BCUT2D eigenvalue weighted by atomic mass is 9.98. The first-order valence-electron chi connectivity index (χ1n) is 4.07. The molecule has 0 aliphatic heterocycles. The van der Waals surface area contributed by atoms with Crippen LogP contribution < -0.4 is 0 Å². The molecule has 1 aromatic carbocycles. The lowest BCUT2D eigenvalue weighted by Gasteiger charge is -2.10. The zero-order valence-corrected chi connectivity index (χ0v) is 8.91. The molecule has 0 aliphatic rings. The molecule has 2 nitrogen and oxygen atoms in total. The molecule has 0 saturated heterocycles. The van der Waals surface area contributed by atoms with E-state index in [1.54, 1.807) is 0 Å². The SMILES string of the molecule is C[C@@H](CC(=O)O)c1ccccc1Br. The molecule has 0 heterocycles. The number of rotatable bonds is 3. The van der Waals surface area contributed by atoms with Crippen molar-refractivity contribution in [2.75, 3.05) is 0 Å². The zero-order chi connectivity index (χ0) is 9.84. The summed E-state index contributed by atoms with van der Waals surface area (Å²) < 4.78 is 0.976. The normalized spacial score (nSPS) is 12.5. The van der Waals surface area contributed by atoms with E-state index in [1.807, 2.05) is 31.2 Å². The monoisotopic (exact) mass is 242 g/mol. The van der Waals surface area contributed by atoms with Crippen LogP contribution in [0.5, 0.6) is 0 Å². The molecule has 13 heavy (non-hydrogen) atoms. The minimum absolute atomic E-state index is 0.0491. The van der Waals surface area contributed by atoms with E-state index in [0.717, 1.165) is 10.0 Å². The van der Waals surface area contributed by atoms with Crippen LogP contribution in [0.15, 0.2) is 28.7 Å². The Hall–Kier alpha value is -0.830. The van der Waals surface area contributed by atoms with Crippen LogP contribution >= 0.6 is 15.9 Å². The van der Waals surface area contributed by atoms with Crippen LogP contribution in [-0.4, -0.2) is 11.1 Å². The van der Waals surface area contributed by atoms with E-state index in [0.29, 0.717) is 0 Å². The molecule has 0 aliphatic carbocycles. The van der Waals surface area contributed by atoms with Crippen LogP contribution in [0.3, 0.4) is 0 Å². The van der Waals surface area contributed by atoms with Gasteiger partial charge in [-0.25, -0.2) is 0 Å². The fraction of sp³-hybridized carbons (Fsp3) is 0.300. The van der Waals surface area contributed by atoms with Crippen molar-refractivity contribution in [2.45, 2.75) is 19.3 Å². The van der Waals surface area contributed by atoms with E-state index in [4.69, 9.17) is 5.11 Å². The molecule has 0 unspecified atom stereocenters. The largest absolute Gasteiger partial charge is 0.481 e. The summed E-state index contributed by atoms with van der Waals surface area (Å²) in [6, 6.07) is 7.70. The molecule has 0 radical (unpaired) electrons. The Morgan fingerprint density at radius 1 is 1.54 bits per heavy atom. The van der Waals surface area contributed by atoms with Crippen molar-refractivity contribution >= 4 is 21.9 Å². The molecule has 0 saturated carbocycles. The maximum Gasteiger partial charge on any atom is 0.303 e. The highest BCUT2D eigenvalue weighted by Crippen LogP contribution is 2.26. The van der Waals surface area contributed by atoms with E-state index in [-0.39, 0.29) is 12.3 Å². The lowest BCUT2D eigenvalue weighted by Crippen LogP contribution is -2.03. The van der Waals surface area contributed by atoms with Gasteiger partial charge in [0.1, 0.15) is 0 Å². The Morgan fingerprint density at radius 3 is 2.69 bits per heavy atom. The number of hydrogen-bond acceptors (Lipinski definition) is 1. The first kappa shape index (κ1) is 10.3. The Labute approximate surface area is 85.7 Å². The molecule has 1 N–H and O–H groups in total. The Bertz CT molecular complexity index is 310. The molecule has 70 valence electrons. The molecule has 0 fully saturated rings. The maximum atomic E-state index is 10.5. The van der Waals surface area contributed by atoms with E-state index < -0.39 is 5.97 Å². The number of carboxylic acids is 1. The number of hydrogen-bond donors (Lipinski definition) is 1. The highest BCUT2D eigenvalue weighted by molar-refractivity contribution is 9.10. The number of carbonyl (C=O) groups is 1. The van der Waals surface area contributed by atoms with Crippen molar-refractivity contribution in [3.8, 4) is 0 Å². The van der Waals surface area contributed by atoms with Crippen LogP contribution in [-0.2, 0) is 4.79 Å². The number of benzene rings is 1. The first-order valence-corrected chi connectivity index (χ1v) is 4.86. The molecule has 1 rings (SSSR count). The lowest BCUT2D eigenvalue weighted by molar-refractivity contribution is -0.137. The van der Waals surface area contributed by atoms with Gasteiger partial charge in [-0.15, -0.1) is 0 Å². The second-order valence-corrected chi connectivity index (χ2v) is 3.87. The molecule has 0 spiro atoms. The summed E-state index contributed by atoms with van der Waals surface area (Å²) in [5, 5.41) is 8.62. The summed E-state index contributed by atoms with van der Waals surface area (Å²) in [7, 11) is 0. The average molecular weight is 243 g/mol. The average Bonchev–Trinajstić information content (AvgIpc) is 2.03. The third-order valence-corrected chi connectivity index (χ3v) is 2.64. The quantitative estimate of drug-likeness (QED) is 0.885. The van der Waals surface area contributed by atoms with Gasteiger partial charge in [0.2, 0.25) is 0 Å². The van der Waals surface area contributed by atoms with Crippen molar-refractivity contribution in [2.24, 2.45) is 0 Å². The van der Waals surface area contributed by atoms with Crippen molar-refractivity contribution in [1.29, 1.82) is 0 Å². The van der Waals surface area contributed by atoms with E-state index >= 15 is 0 Å². The van der Waals surface area contributed by atoms with Crippen LogP contribution in [0.25, 0.3) is 0 Å². The van der Waals surface area contributed by atoms with Gasteiger partial charge in [-0.1, -0.05) is 41.1 Å². The summed E-state index contributed by atoms with van der Waals surface area (Å²) in [6.45, 7) is 1.91. The van der Waals surface area contributed by atoms with E-state index in [2.05, 4.69) is 15.9 Å². The molecule has 1 atom stereocenters. The predicted octanol–water partition coefficient (Wildman–Crippen LogP) is 3.03. The highest BCUT2D eigenvalue weighted by Gasteiger charge is 2.11. The van der Waals surface area contributed by atoms with Gasteiger partial charge in [0.25, 0.3) is 0 Å². The van der Waals surface area contributed by atoms with Crippen LogP contribution in [0, 0.1) is 0 Å².